The maximum absolute atomic E-state index is 12.6. The quantitative estimate of drug-likeness (QED) is 0.279. The third-order valence-electron chi connectivity index (χ3n) is 4.74. The molecule has 0 bridgehead atoms. The van der Waals surface area contributed by atoms with Gasteiger partial charge in [-0.2, -0.15) is 0 Å². The number of nitrogens with two attached hydrogens (primary N) is 1. The second-order valence-corrected chi connectivity index (χ2v) is 7.19. The largest absolute Gasteiger partial charge is 0.508 e. The fourth-order valence-corrected chi connectivity index (χ4v) is 2.50. The highest BCUT2D eigenvalue weighted by Crippen LogP contribution is 2.12. The number of phenols is 1. The number of hydrogen-bond donors (Lipinski definition) is 6. The van der Waals surface area contributed by atoms with Crippen LogP contribution in [0.3, 0.4) is 0 Å². The molecule has 7 N–H and O–H groups in total. The predicted octanol–water partition coefficient (Wildman–Crippen LogP) is -0.502. The van der Waals surface area contributed by atoms with E-state index in [0.717, 1.165) is 0 Å². The average molecular weight is 422 g/mol. The molecule has 30 heavy (non-hydrogen) atoms. The molecule has 10 heteroatoms. The van der Waals surface area contributed by atoms with Gasteiger partial charge in [0.1, 0.15) is 17.8 Å². The van der Waals surface area contributed by atoms with Gasteiger partial charge < -0.3 is 31.9 Å². The van der Waals surface area contributed by atoms with Gasteiger partial charge in [0.25, 0.3) is 0 Å². The lowest BCUT2D eigenvalue weighted by molar-refractivity contribution is -0.141. The Morgan fingerprint density at radius 1 is 1.03 bits per heavy atom. The zero-order chi connectivity index (χ0) is 22.8. The number of carbonyl (C=O) groups excluding carboxylic acids is 3. The number of nitrogens with one attached hydrogen (secondary N) is 3. The summed E-state index contributed by atoms with van der Waals surface area (Å²) in [6.07, 6.45) is 0.795. The molecule has 1 aromatic carbocycles. The Labute approximate surface area is 175 Å². The van der Waals surface area contributed by atoms with Crippen molar-refractivity contribution >= 4 is 23.7 Å². The Hall–Kier alpha value is -3.14. The van der Waals surface area contributed by atoms with Crippen LogP contribution in [0.25, 0.3) is 0 Å². The summed E-state index contributed by atoms with van der Waals surface area (Å²) < 4.78 is 0. The number of carbonyl (C=O) groups is 4. The van der Waals surface area contributed by atoms with Gasteiger partial charge >= 0.3 is 5.97 Å². The highest BCUT2D eigenvalue weighted by Gasteiger charge is 2.27. The van der Waals surface area contributed by atoms with Crippen LogP contribution in [0.1, 0.15) is 32.8 Å². The van der Waals surface area contributed by atoms with Crippen LogP contribution in [0.4, 0.5) is 0 Å². The number of carboxylic acids is 1. The van der Waals surface area contributed by atoms with Gasteiger partial charge in [0, 0.05) is 6.42 Å². The van der Waals surface area contributed by atoms with E-state index in [9.17, 15) is 24.3 Å². The second-order valence-electron chi connectivity index (χ2n) is 7.19. The summed E-state index contributed by atoms with van der Waals surface area (Å²) in [5, 5.41) is 25.5. The van der Waals surface area contributed by atoms with Crippen LogP contribution in [0.15, 0.2) is 24.3 Å². The van der Waals surface area contributed by atoms with Crippen LogP contribution in [-0.4, -0.2) is 58.6 Å². The number of carboxylic acid groups (broad SMARTS) is 1. The van der Waals surface area contributed by atoms with Gasteiger partial charge in [0.05, 0.1) is 12.6 Å². The topological polar surface area (TPSA) is 171 Å². The third-order valence-corrected chi connectivity index (χ3v) is 4.74. The molecule has 10 nitrogen and oxygen atoms in total. The minimum atomic E-state index is -1.20. The molecule has 4 atom stereocenters. The third kappa shape index (κ3) is 8.08. The van der Waals surface area contributed by atoms with Gasteiger partial charge in [-0.15, -0.1) is 0 Å². The zero-order valence-electron chi connectivity index (χ0n) is 17.3. The lowest BCUT2D eigenvalue weighted by Gasteiger charge is -2.23. The standard InChI is InChI=1S/C20H30N4O6/c1-4-11(2)17(21)19(28)24-15(9-13-5-7-14(25)8-6-13)18(27)22-10-16(26)23-12(3)20(29)30/h5-8,11-12,15,17,25H,4,9-10,21H2,1-3H3,(H,22,27)(H,23,26)(H,24,28)(H,29,30). The maximum Gasteiger partial charge on any atom is 0.325 e. The Bertz CT molecular complexity index is 752. The molecule has 166 valence electrons. The molecular formula is C20H30N4O6. The number of hydrogen-bond acceptors (Lipinski definition) is 6. The zero-order valence-corrected chi connectivity index (χ0v) is 17.3. The molecular weight excluding hydrogens is 392 g/mol. The molecule has 0 radical (unpaired) electrons. The molecule has 0 aromatic heterocycles. The van der Waals surface area contributed by atoms with Gasteiger partial charge in [0.2, 0.25) is 17.7 Å². The van der Waals surface area contributed by atoms with E-state index in [1.54, 1.807) is 12.1 Å². The number of aliphatic carboxylic acids is 1. The second kappa shape index (κ2) is 11.8. The molecule has 0 aliphatic carbocycles. The van der Waals surface area contributed by atoms with Crippen molar-refractivity contribution in [3.63, 3.8) is 0 Å². The minimum Gasteiger partial charge on any atom is -0.508 e. The summed E-state index contributed by atoms with van der Waals surface area (Å²) >= 11 is 0. The SMILES string of the molecule is CCC(C)C(N)C(=O)NC(Cc1ccc(O)cc1)C(=O)NCC(=O)NC(C)C(=O)O. The molecule has 0 saturated carbocycles. The van der Waals surface area contributed by atoms with E-state index in [0.29, 0.717) is 12.0 Å². The van der Waals surface area contributed by atoms with Crippen LogP contribution in [0.5, 0.6) is 5.75 Å². The molecule has 0 aliphatic heterocycles. The molecule has 4 unspecified atom stereocenters. The number of phenolic OH excluding ortho intramolecular Hbond substituents is 1. The Morgan fingerprint density at radius 3 is 2.17 bits per heavy atom. The van der Waals surface area contributed by atoms with Crippen LogP contribution in [0, 0.1) is 5.92 Å². The van der Waals surface area contributed by atoms with Crippen molar-refractivity contribution in [3.8, 4) is 5.75 Å². The van der Waals surface area contributed by atoms with Crippen molar-refractivity contribution < 1.29 is 29.4 Å². The van der Waals surface area contributed by atoms with Crippen molar-refractivity contribution in [3.05, 3.63) is 29.8 Å². The average Bonchev–Trinajstić information content (AvgIpc) is 2.71. The first-order valence-electron chi connectivity index (χ1n) is 9.68. The van der Waals surface area contributed by atoms with Gasteiger partial charge in [-0.3, -0.25) is 19.2 Å². The van der Waals surface area contributed by atoms with Gasteiger partial charge in [-0.1, -0.05) is 32.4 Å². The monoisotopic (exact) mass is 422 g/mol. The van der Waals surface area contributed by atoms with Gasteiger partial charge in [-0.05, 0) is 30.5 Å². The number of rotatable bonds is 11. The number of amides is 3. The van der Waals surface area contributed by atoms with Crippen LogP contribution in [0.2, 0.25) is 0 Å². The lowest BCUT2D eigenvalue weighted by atomic mass is 9.98. The van der Waals surface area contributed by atoms with Crippen molar-refractivity contribution in [1.82, 2.24) is 16.0 Å². The van der Waals surface area contributed by atoms with E-state index in [1.165, 1.54) is 19.1 Å². The fourth-order valence-electron chi connectivity index (χ4n) is 2.50. The Balaban J connectivity index is 2.83. The fraction of sp³-hybridized carbons (Fsp3) is 0.500. The summed E-state index contributed by atoms with van der Waals surface area (Å²) in [4.78, 5) is 47.7. The minimum absolute atomic E-state index is 0.0619. The first kappa shape index (κ1) is 24.9. The predicted molar refractivity (Wildman–Crippen MR) is 109 cm³/mol. The molecule has 3 amide bonds. The van der Waals surface area contributed by atoms with E-state index in [2.05, 4.69) is 16.0 Å². The maximum atomic E-state index is 12.6. The summed E-state index contributed by atoms with van der Waals surface area (Å²) in [5.74, 6) is -3.02. The smallest absolute Gasteiger partial charge is 0.325 e. The molecule has 0 saturated heterocycles. The first-order valence-corrected chi connectivity index (χ1v) is 9.68. The summed E-state index contributed by atoms with van der Waals surface area (Å²) in [6, 6.07) is 3.21. The van der Waals surface area contributed by atoms with E-state index in [-0.39, 0.29) is 18.1 Å². The molecule has 1 rings (SSSR count). The number of aromatic hydroxyl groups is 1. The van der Waals surface area contributed by atoms with Crippen LogP contribution in [-0.2, 0) is 25.6 Å². The van der Waals surface area contributed by atoms with Crippen molar-refractivity contribution in [2.75, 3.05) is 6.54 Å². The molecule has 1 aromatic rings. The highest BCUT2D eigenvalue weighted by molar-refractivity contribution is 5.92. The summed E-state index contributed by atoms with van der Waals surface area (Å²) in [6.45, 7) is 4.57. The van der Waals surface area contributed by atoms with Crippen molar-refractivity contribution in [2.24, 2.45) is 11.7 Å². The molecule has 0 aliphatic rings. The number of benzene rings is 1. The van der Waals surface area contributed by atoms with E-state index in [1.807, 2.05) is 13.8 Å². The van der Waals surface area contributed by atoms with E-state index in [4.69, 9.17) is 10.8 Å². The molecule has 0 heterocycles. The van der Waals surface area contributed by atoms with E-state index >= 15 is 0 Å². The van der Waals surface area contributed by atoms with Crippen molar-refractivity contribution in [1.29, 1.82) is 0 Å². The summed E-state index contributed by atoms with van der Waals surface area (Å²) in [7, 11) is 0. The lowest BCUT2D eigenvalue weighted by Crippen LogP contribution is -2.55. The highest BCUT2D eigenvalue weighted by atomic mass is 16.4. The molecule has 0 fully saturated rings. The summed E-state index contributed by atoms with van der Waals surface area (Å²) in [5.41, 5.74) is 6.62. The van der Waals surface area contributed by atoms with Crippen LogP contribution >= 0.6 is 0 Å². The van der Waals surface area contributed by atoms with Gasteiger partial charge in [-0.25, -0.2) is 0 Å². The Morgan fingerprint density at radius 2 is 1.63 bits per heavy atom. The first-order chi connectivity index (χ1) is 14.0. The van der Waals surface area contributed by atoms with Crippen LogP contribution < -0.4 is 21.7 Å². The normalized spacial score (nSPS) is 14.7. The van der Waals surface area contributed by atoms with E-state index < -0.39 is 48.4 Å². The Kier molecular flexibility index (Phi) is 9.76. The van der Waals surface area contributed by atoms with Gasteiger partial charge in [0.15, 0.2) is 0 Å². The van der Waals surface area contributed by atoms with Crippen molar-refractivity contribution in [2.45, 2.75) is 51.7 Å². The molecule has 0 spiro atoms.